The average Bonchev–Trinajstić information content (AvgIpc) is 3.60. The van der Waals surface area contributed by atoms with E-state index in [1.165, 1.54) is 44.8 Å². The van der Waals surface area contributed by atoms with Crippen LogP contribution in [0.2, 0.25) is 5.02 Å². The third-order valence-corrected chi connectivity index (χ3v) is 9.64. The Morgan fingerprint density at radius 3 is 2.55 bits per heavy atom. The van der Waals surface area contributed by atoms with E-state index in [1.807, 2.05) is 6.07 Å². The molecule has 1 fully saturated rings. The van der Waals surface area contributed by atoms with Crippen LogP contribution in [0.4, 0.5) is 5.13 Å². The molecule has 1 aliphatic heterocycles. The van der Waals surface area contributed by atoms with Gasteiger partial charge in [-0.25, -0.2) is 13.4 Å². The van der Waals surface area contributed by atoms with Gasteiger partial charge >= 0.3 is 0 Å². The molecule has 0 N–H and O–H groups in total. The summed E-state index contributed by atoms with van der Waals surface area (Å²) in [7, 11) is -0.807. The van der Waals surface area contributed by atoms with Crippen LogP contribution in [0.1, 0.15) is 18.4 Å². The highest BCUT2D eigenvalue weighted by atomic mass is 35.5. The van der Waals surface area contributed by atoms with E-state index >= 15 is 0 Å². The number of fused-ring (bicyclic) bond motifs is 1. The second-order valence-corrected chi connectivity index (χ2v) is 12.0. The van der Waals surface area contributed by atoms with Crippen LogP contribution in [0, 0.1) is 0 Å². The van der Waals surface area contributed by atoms with Crippen molar-refractivity contribution in [1.82, 2.24) is 14.3 Å². The fraction of sp³-hybridized carbons (Fsp3) is 0.269. The lowest BCUT2D eigenvalue weighted by atomic mass is 10.2. The summed E-state index contributed by atoms with van der Waals surface area (Å²) in [6.45, 7) is 0.409. The number of carbonyl (C=O) groups is 1. The van der Waals surface area contributed by atoms with Crippen LogP contribution in [0.3, 0.4) is 0 Å². The quantitative estimate of drug-likeness (QED) is 0.300. The molecule has 12 heteroatoms. The zero-order valence-electron chi connectivity index (χ0n) is 20.7. The summed E-state index contributed by atoms with van der Waals surface area (Å²) in [5, 5.41) is 0.842. The molecule has 0 aliphatic carbocycles. The first-order valence-corrected chi connectivity index (χ1v) is 14.5. The number of ether oxygens (including phenoxy) is 2. The van der Waals surface area contributed by atoms with Gasteiger partial charge in [-0.3, -0.25) is 14.7 Å². The van der Waals surface area contributed by atoms with Crippen LogP contribution < -0.4 is 14.4 Å². The van der Waals surface area contributed by atoms with E-state index in [-0.39, 0.29) is 23.9 Å². The normalized spacial score (nSPS) is 16.0. The molecule has 0 spiro atoms. The van der Waals surface area contributed by atoms with Gasteiger partial charge in [0.25, 0.3) is 0 Å². The van der Waals surface area contributed by atoms with Gasteiger partial charge in [-0.05, 0) is 60.9 Å². The molecule has 38 heavy (non-hydrogen) atoms. The first kappa shape index (κ1) is 26.4. The number of hydrogen-bond donors (Lipinski definition) is 0. The molecule has 2 aromatic heterocycles. The maximum Gasteiger partial charge on any atom is 0.247 e. The summed E-state index contributed by atoms with van der Waals surface area (Å²) in [5.41, 5.74) is 1.34. The number of thiazole rings is 1. The first-order valence-electron chi connectivity index (χ1n) is 11.8. The number of sulfonamides is 1. The molecule has 0 radical (unpaired) electrons. The van der Waals surface area contributed by atoms with E-state index in [4.69, 9.17) is 26.1 Å². The van der Waals surface area contributed by atoms with Crippen LogP contribution in [-0.4, -0.2) is 55.4 Å². The second-order valence-electron chi connectivity index (χ2n) is 8.66. The Bertz CT molecular complexity index is 1520. The van der Waals surface area contributed by atoms with E-state index in [2.05, 4.69) is 4.98 Å². The minimum atomic E-state index is -3.93. The van der Waals surface area contributed by atoms with Crippen molar-refractivity contribution in [2.24, 2.45) is 0 Å². The van der Waals surface area contributed by atoms with Crippen molar-refractivity contribution in [3.8, 4) is 11.5 Å². The predicted molar refractivity (Wildman–Crippen MR) is 147 cm³/mol. The maximum absolute atomic E-state index is 14.2. The lowest BCUT2D eigenvalue weighted by Gasteiger charge is -2.28. The highest BCUT2D eigenvalue weighted by molar-refractivity contribution is 7.89. The molecule has 1 aliphatic rings. The third kappa shape index (κ3) is 4.94. The number of pyridine rings is 1. The van der Waals surface area contributed by atoms with Gasteiger partial charge in [0.05, 0.1) is 25.7 Å². The largest absolute Gasteiger partial charge is 0.495 e. The number of anilines is 1. The van der Waals surface area contributed by atoms with Crippen LogP contribution in [0.25, 0.3) is 10.2 Å². The van der Waals surface area contributed by atoms with E-state index in [9.17, 15) is 13.2 Å². The Kier molecular flexibility index (Phi) is 7.53. The molecule has 0 bridgehead atoms. The van der Waals surface area contributed by atoms with Crippen molar-refractivity contribution >= 4 is 54.2 Å². The van der Waals surface area contributed by atoms with Crippen LogP contribution in [0.5, 0.6) is 11.5 Å². The van der Waals surface area contributed by atoms with Gasteiger partial charge in [-0.15, -0.1) is 0 Å². The number of carbonyl (C=O) groups excluding carboxylic acids is 1. The van der Waals surface area contributed by atoms with Gasteiger partial charge in [0, 0.05) is 24.0 Å². The molecule has 1 atom stereocenters. The summed E-state index contributed by atoms with van der Waals surface area (Å²) in [6.07, 6.45) is 4.28. The van der Waals surface area contributed by atoms with Crippen molar-refractivity contribution < 1.29 is 22.7 Å². The lowest BCUT2D eigenvalue weighted by molar-refractivity contribution is -0.121. The van der Waals surface area contributed by atoms with Crippen molar-refractivity contribution in [2.45, 2.75) is 30.3 Å². The Morgan fingerprint density at radius 2 is 1.87 bits per heavy atom. The first-order chi connectivity index (χ1) is 18.3. The van der Waals surface area contributed by atoms with E-state index in [0.29, 0.717) is 40.0 Å². The van der Waals surface area contributed by atoms with Gasteiger partial charge in [-0.2, -0.15) is 4.31 Å². The third-order valence-electron chi connectivity index (χ3n) is 6.37. The minimum Gasteiger partial charge on any atom is -0.495 e. The Balaban J connectivity index is 1.56. The molecule has 1 unspecified atom stereocenters. The van der Waals surface area contributed by atoms with Crippen LogP contribution >= 0.6 is 22.9 Å². The SMILES string of the molecule is COc1ccc(OC)c2sc(N(Cc3cccnc3)C(=O)C3CCCN3S(=O)(=O)c3ccc(Cl)cc3)nc12. The molecule has 3 heterocycles. The summed E-state index contributed by atoms with van der Waals surface area (Å²) >= 11 is 7.25. The Morgan fingerprint density at radius 1 is 1.13 bits per heavy atom. The molecule has 0 saturated carbocycles. The Hall–Kier alpha value is -3.25. The second kappa shape index (κ2) is 10.9. The molecule has 4 aromatic rings. The molecule has 1 saturated heterocycles. The van der Waals surface area contributed by atoms with E-state index in [0.717, 1.165) is 10.3 Å². The number of methoxy groups -OCH3 is 2. The smallest absolute Gasteiger partial charge is 0.247 e. The molecule has 1 amide bonds. The van der Waals surface area contributed by atoms with Gasteiger partial charge < -0.3 is 9.47 Å². The predicted octanol–water partition coefficient (Wildman–Crippen LogP) is 4.75. The number of aromatic nitrogens is 2. The minimum absolute atomic E-state index is 0.0925. The van der Waals surface area contributed by atoms with Gasteiger partial charge in [0.1, 0.15) is 27.8 Å². The zero-order chi connectivity index (χ0) is 26.9. The average molecular weight is 573 g/mol. The number of hydrogen-bond acceptors (Lipinski definition) is 8. The maximum atomic E-state index is 14.2. The zero-order valence-corrected chi connectivity index (χ0v) is 23.1. The molecular weight excluding hydrogens is 548 g/mol. The van der Waals surface area contributed by atoms with Crippen molar-refractivity contribution in [3.63, 3.8) is 0 Å². The number of rotatable bonds is 8. The van der Waals surface area contributed by atoms with Gasteiger partial charge in [-0.1, -0.05) is 29.0 Å². The lowest BCUT2D eigenvalue weighted by Crippen LogP contribution is -2.47. The number of amides is 1. The van der Waals surface area contributed by atoms with Gasteiger partial charge in [0.2, 0.25) is 15.9 Å². The van der Waals surface area contributed by atoms with Crippen molar-refractivity contribution in [2.75, 3.05) is 25.7 Å². The molecular formula is C26H25ClN4O5S2. The summed E-state index contributed by atoms with van der Waals surface area (Å²) in [5.74, 6) is 0.789. The fourth-order valence-electron chi connectivity index (χ4n) is 4.50. The Labute approximate surface area is 229 Å². The topological polar surface area (TPSA) is 102 Å². The van der Waals surface area contributed by atoms with Crippen LogP contribution in [-0.2, 0) is 21.4 Å². The highest BCUT2D eigenvalue weighted by Crippen LogP contribution is 2.41. The number of nitrogens with zero attached hydrogens (tertiary/aromatic N) is 4. The number of benzene rings is 2. The highest BCUT2D eigenvalue weighted by Gasteiger charge is 2.42. The molecule has 9 nitrogen and oxygen atoms in total. The fourth-order valence-corrected chi connectivity index (χ4v) is 7.36. The molecule has 5 rings (SSSR count). The monoisotopic (exact) mass is 572 g/mol. The standard InChI is InChI=1S/C26H25ClN4O5S2/c1-35-21-11-12-22(36-2)24-23(21)29-26(37-24)30(16-17-5-3-13-28-15-17)25(32)20-6-4-14-31(20)38(33,34)19-9-7-18(27)8-10-19/h3,5,7-13,15,20H,4,6,14,16H2,1-2H3. The molecule has 198 valence electrons. The summed E-state index contributed by atoms with van der Waals surface area (Å²) in [4.78, 5) is 24.7. The molecule has 2 aromatic carbocycles. The van der Waals surface area contributed by atoms with Crippen LogP contribution in [0.15, 0.2) is 65.8 Å². The van der Waals surface area contributed by atoms with E-state index in [1.54, 1.807) is 44.8 Å². The number of halogens is 1. The summed E-state index contributed by atoms with van der Waals surface area (Å²) in [6, 6.07) is 12.3. The van der Waals surface area contributed by atoms with Gasteiger partial charge in [0.15, 0.2) is 5.13 Å². The summed E-state index contributed by atoms with van der Waals surface area (Å²) < 4.78 is 40.1. The van der Waals surface area contributed by atoms with Crippen molar-refractivity contribution in [3.05, 3.63) is 71.5 Å². The van der Waals surface area contributed by atoms with E-state index < -0.39 is 16.1 Å². The van der Waals surface area contributed by atoms with Crippen molar-refractivity contribution in [1.29, 1.82) is 0 Å².